The number of hydrogen-bond donors (Lipinski definition) is 1. The lowest BCUT2D eigenvalue weighted by Gasteiger charge is -2.39. The molecule has 4 aromatic rings. The summed E-state index contributed by atoms with van der Waals surface area (Å²) in [6, 6.07) is 21.4. The number of benzene rings is 2. The quantitative estimate of drug-likeness (QED) is 0.172. The summed E-state index contributed by atoms with van der Waals surface area (Å²) >= 11 is 1.15. The fourth-order valence-corrected chi connectivity index (χ4v) is 8.17. The fraction of sp³-hybridized carbons (Fsp3) is 0.194. The van der Waals surface area contributed by atoms with Crippen LogP contribution in [0.15, 0.2) is 102 Å². The van der Waals surface area contributed by atoms with Crippen molar-refractivity contribution in [2.75, 3.05) is 11.9 Å². The summed E-state index contributed by atoms with van der Waals surface area (Å²) in [5.74, 6) is -1.61. The van der Waals surface area contributed by atoms with Gasteiger partial charge in [0.2, 0.25) is 0 Å². The molecule has 0 bridgehead atoms. The van der Waals surface area contributed by atoms with Crippen LogP contribution in [-0.4, -0.2) is 64.0 Å². The largest absolute Gasteiger partial charge is 0.451 e. The number of nitrogens with zero attached hydrogens (tertiary/aromatic N) is 3. The first-order chi connectivity index (χ1) is 21.2. The molecule has 2 aliphatic rings. The third-order valence-electron chi connectivity index (χ3n) is 7.58. The first-order valence-electron chi connectivity index (χ1n) is 13.5. The molecule has 0 aliphatic carbocycles. The Balaban J connectivity index is 1.37. The van der Waals surface area contributed by atoms with Crippen molar-refractivity contribution in [2.24, 2.45) is 0 Å². The zero-order valence-corrected chi connectivity index (χ0v) is 24.9. The maximum Gasteiger partial charge on any atom is 0.413 e. The van der Waals surface area contributed by atoms with E-state index in [4.69, 9.17) is 9.47 Å². The summed E-state index contributed by atoms with van der Waals surface area (Å²) < 4.78 is 37.8. The average molecular weight is 631 g/mol. The Morgan fingerprint density at radius 2 is 1.66 bits per heavy atom. The Morgan fingerprint density at radius 3 is 2.25 bits per heavy atom. The minimum atomic E-state index is -4.36. The summed E-state index contributed by atoms with van der Waals surface area (Å²) in [5.41, 5.74) is 1.64. The van der Waals surface area contributed by atoms with Gasteiger partial charge in [0.05, 0.1) is 11.3 Å². The number of ether oxygens (including phenoxy) is 2. The number of anilines is 1. The lowest BCUT2D eigenvalue weighted by atomic mass is 9.94. The van der Waals surface area contributed by atoms with Gasteiger partial charge in [-0.25, -0.2) is 23.0 Å². The van der Waals surface area contributed by atoms with Crippen molar-refractivity contribution in [2.45, 2.75) is 29.2 Å². The van der Waals surface area contributed by atoms with E-state index >= 15 is 0 Å². The Hall–Kier alpha value is -4.88. The number of amides is 2. The number of nitrogens with one attached hydrogen (secondary N) is 1. The van der Waals surface area contributed by atoms with Gasteiger partial charge in [-0.05, 0) is 36.3 Å². The summed E-state index contributed by atoms with van der Waals surface area (Å²) in [6.07, 6.45) is 2.53. The minimum absolute atomic E-state index is 0.0415. The molecule has 224 valence electrons. The number of rotatable bonds is 8. The topological polar surface area (TPSA) is 145 Å². The molecule has 2 saturated heterocycles. The SMILES string of the molecule is CC1(COC(=O)Nc2nccs2)[C@H](C(=O)OC(c2ccccc2)c2ccccc2)N2C(=O)/C(=C/c3ccccn3)C2S1(=O)=O. The molecule has 2 aromatic carbocycles. The number of thiazole rings is 1. The highest BCUT2D eigenvalue weighted by atomic mass is 32.2. The number of carbonyl (C=O) groups excluding carboxylic acids is 3. The molecule has 44 heavy (non-hydrogen) atoms. The van der Waals surface area contributed by atoms with Crippen molar-refractivity contribution in [1.82, 2.24) is 14.9 Å². The molecule has 2 unspecified atom stereocenters. The van der Waals surface area contributed by atoms with E-state index in [-0.39, 0.29) is 10.7 Å². The van der Waals surface area contributed by atoms with Crippen molar-refractivity contribution in [3.05, 3.63) is 119 Å². The van der Waals surface area contributed by atoms with E-state index in [1.807, 2.05) is 12.1 Å². The summed E-state index contributed by atoms with van der Waals surface area (Å²) in [7, 11) is -4.36. The van der Waals surface area contributed by atoms with Crippen LogP contribution in [0, 0.1) is 0 Å². The number of β-lactam (4-membered cyclic amide) rings is 1. The average Bonchev–Trinajstić information content (AvgIpc) is 3.60. The molecule has 1 N–H and O–H groups in total. The first-order valence-corrected chi connectivity index (χ1v) is 16.0. The van der Waals surface area contributed by atoms with Crippen LogP contribution in [0.25, 0.3) is 6.08 Å². The Morgan fingerprint density at radius 1 is 1.00 bits per heavy atom. The second kappa shape index (κ2) is 11.7. The Kier molecular flexibility index (Phi) is 7.74. The van der Waals surface area contributed by atoms with E-state index in [1.54, 1.807) is 72.1 Å². The third kappa shape index (κ3) is 5.13. The number of esters is 1. The molecule has 3 atom stereocenters. The second-order valence-corrected chi connectivity index (χ2v) is 13.7. The van der Waals surface area contributed by atoms with Crippen LogP contribution in [0.2, 0.25) is 0 Å². The smallest absolute Gasteiger partial charge is 0.413 e. The Bertz CT molecular complexity index is 1780. The molecule has 0 spiro atoms. The van der Waals surface area contributed by atoms with Gasteiger partial charge in [0.1, 0.15) is 11.4 Å². The van der Waals surface area contributed by atoms with Gasteiger partial charge in [-0.2, -0.15) is 0 Å². The lowest BCUT2D eigenvalue weighted by molar-refractivity contribution is -0.161. The fourth-order valence-electron chi connectivity index (χ4n) is 5.38. The number of sulfone groups is 1. The van der Waals surface area contributed by atoms with E-state index in [0.29, 0.717) is 16.8 Å². The molecule has 2 amide bonds. The number of pyridine rings is 1. The highest BCUT2D eigenvalue weighted by molar-refractivity contribution is 7.94. The number of carbonyl (C=O) groups is 3. The van der Waals surface area contributed by atoms with Crippen LogP contribution in [0.1, 0.15) is 29.8 Å². The monoisotopic (exact) mass is 630 g/mol. The van der Waals surface area contributed by atoms with Crippen molar-refractivity contribution < 1.29 is 32.3 Å². The van der Waals surface area contributed by atoms with E-state index in [1.165, 1.54) is 25.4 Å². The number of aromatic nitrogens is 2. The molecule has 4 heterocycles. The van der Waals surface area contributed by atoms with Crippen LogP contribution in [0.5, 0.6) is 0 Å². The maximum absolute atomic E-state index is 14.2. The summed E-state index contributed by atoms with van der Waals surface area (Å²) in [5, 5.41) is 2.87. The molecular weight excluding hydrogens is 604 g/mol. The van der Waals surface area contributed by atoms with Crippen molar-refractivity contribution in [1.29, 1.82) is 0 Å². The second-order valence-electron chi connectivity index (χ2n) is 10.4. The molecule has 2 aromatic heterocycles. The van der Waals surface area contributed by atoms with E-state index in [2.05, 4.69) is 15.3 Å². The molecular formula is C31H26N4O7S2. The van der Waals surface area contributed by atoms with Gasteiger partial charge >= 0.3 is 12.1 Å². The van der Waals surface area contributed by atoms with Crippen LogP contribution in [0.3, 0.4) is 0 Å². The molecule has 6 rings (SSSR count). The van der Waals surface area contributed by atoms with Gasteiger partial charge in [-0.3, -0.25) is 15.1 Å². The normalized spacial score (nSPS) is 22.7. The molecule has 0 saturated carbocycles. The molecule has 11 nitrogen and oxygen atoms in total. The molecule has 2 aliphatic heterocycles. The number of hydrogen-bond acceptors (Lipinski definition) is 10. The summed E-state index contributed by atoms with van der Waals surface area (Å²) in [6.45, 7) is 0.555. The van der Waals surface area contributed by atoms with Crippen molar-refractivity contribution in [3.8, 4) is 0 Å². The molecule has 2 fully saturated rings. The van der Waals surface area contributed by atoms with Crippen molar-refractivity contribution >= 4 is 50.4 Å². The Labute approximate surface area is 257 Å². The van der Waals surface area contributed by atoms with E-state index in [0.717, 1.165) is 16.2 Å². The van der Waals surface area contributed by atoms with Gasteiger partial charge in [0.25, 0.3) is 5.91 Å². The zero-order chi connectivity index (χ0) is 30.9. The third-order valence-corrected chi connectivity index (χ3v) is 11.0. The van der Waals surface area contributed by atoms with E-state index in [9.17, 15) is 22.8 Å². The highest BCUT2D eigenvalue weighted by Gasteiger charge is 2.73. The zero-order valence-electron chi connectivity index (χ0n) is 23.3. The number of fused-ring (bicyclic) bond motifs is 1. The molecule has 0 radical (unpaired) electrons. The lowest BCUT2D eigenvalue weighted by Crippen LogP contribution is -2.60. The van der Waals surface area contributed by atoms with Crippen LogP contribution in [0.4, 0.5) is 9.93 Å². The molecule has 13 heteroatoms. The first kappa shape index (κ1) is 29.2. The van der Waals surface area contributed by atoms with Gasteiger partial charge in [-0.15, -0.1) is 11.3 Å². The predicted octanol–water partition coefficient (Wildman–Crippen LogP) is 4.23. The summed E-state index contributed by atoms with van der Waals surface area (Å²) in [4.78, 5) is 49.4. The minimum Gasteiger partial charge on any atom is -0.451 e. The van der Waals surface area contributed by atoms with Gasteiger partial charge in [0, 0.05) is 17.8 Å². The van der Waals surface area contributed by atoms with Gasteiger partial charge in [0.15, 0.2) is 32.5 Å². The standard InChI is InChI=1S/C31H26N4O7S2/c1-31(19-41-30(38)34-29-33-16-17-43-29)25(28(37)42-24(20-10-4-2-5-11-20)21-12-6-3-7-13-21)35-26(36)23(27(35)44(31,39)40)18-22-14-8-9-15-32-22/h2-18,24-25,27H,19H2,1H3,(H,33,34,38)/b23-18-/t25-,27?,31?/m0/s1. The van der Waals surface area contributed by atoms with E-state index < -0.39 is 56.7 Å². The maximum atomic E-state index is 14.2. The van der Waals surface area contributed by atoms with Gasteiger partial charge < -0.3 is 14.4 Å². The predicted molar refractivity (Wildman–Crippen MR) is 162 cm³/mol. The van der Waals surface area contributed by atoms with Crippen LogP contribution in [-0.2, 0) is 28.9 Å². The van der Waals surface area contributed by atoms with Crippen molar-refractivity contribution in [3.63, 3.8) is 0 Å². The van der Waals surface area contributed by atoms with Gasteiger partial charge in [-0.1, -0.05) is 66.7 Å². The highest BCUT2D eigenvalue weighted by Crippen LogP contribution is 2.50. The van der Waals surface area contributed by atoms with Crippen LogP contribution < -0.4 is 5.32 Å². The van der Waals surface area contributed by atoms with Crippen LogP contribution >= 0.6 is 11.3 Å².